The fraction of sp³-hybridized carbons (Fsp3) is 0.0714. The van der Waals surface area contributed by atoms with Crippen molar-refractivity contribution in [2.24, 2.45) is 0 Å². The Balaban J connectivity index is 2.27. The van der Waals surface area contributed by atoms with E-state index in [1.54, 1.807) is 48.5 Å². The summed E-state index contributed by atoms with van der Waals surface area (Å²) in [6, 6.07) is 13.7. The van der Waals surface area contributed by atoms with Crippen LogP contribution < -0.4 is 0 Å². The minimum absolute atomic E-state index is 0.0184. The summed E-state index contributed by atoms with van der Waals surface area (Å²) in [7, 11) is 0. The maximum Gasteiger partial charge on any atom is 0.193 e. The maximum atomic E-state index is 12.1. The second-order valence-electron chi connectivity index (χ2n) is 3.69. The van der Waals surface area contributed by atoms with Crippen molar-refractivity contribution in [3.8, 4) is 0 Å². The largest absolute Gasteiger partial charge is 0.392 e. The lowest BCUT2D eigenvalue weighted by molar-refractivity contribution is 0.103. The third-order valence-corrected chi connectivity index (χ3v) is 2.76. The number of carbonyl (C=O) groups is 1. The van der Waals surface area contributed by atoms with Gasteiger partial charge in [-0.15, -0.1) is 0 Å². The molecule has 0 aliphatic rings. The number of halogens is 1. The molecule has 0 amide bonds. The van der Waals surface area contributed by atoms with Crippen molar-refractivity contribution < 1.29 is 9.90 Å². The Bertz CT molecular complexity index is 515. The Morgan fingerprint density at radius 2 is 1.41 bits per heavy atom. The number of aliphatic hydroxyl groups excluding tert-OH is 1. The van der Waals surface area contributed by atoms with Crippen LogP contribution in [0.4, 0.5) is 0 Å². The summed E-state index contributed by atoms with van der Waals surface area (Å²) in [4.78, 5) is 12.1. The maximum absolute atomic E-state index is 12.1. The summed E-state index contributed by atoms with van der Waals surface area (Å²) in [6.45, 7) is -0.0184. The van der Waals surface area contributed by atoms with Gasteiger partial charge in [-0.2, -0.15) is 0 Å². The number of hydrogen-bond acceptors (Lipinski definition) is 2. The highest BCUT2D eigenvalue weighted by Crippen LogP contribution is 2.14. The van der Waals surface area contributed by atoms with E-state index in [2.05, 4.69) is 0 Å². The van der Waals surface area contributed by atoms with E-state index < -0.39 is 0 Å². The zero-order valence-electron chi connectivity index (χ0n) is 9.06. The van der Waals surface area contributed by atoms with Crippen LogP contribution in [0.2, 0.25) is 5.02 Å². The van der Waals surface area contributed by atoms with Crippen LogP contribution in [-0.2, 0) is 6.61 Å². The standard InChI is InChI=1S/C14H11ClO2/c15-13-7-5-12(6-8-13)14(17)11-3-1-10(9-16)2-4-11/h1-8,16H,9H2. The predicted molar refractivity (Wildman–Crippen MR) is 67.2 cm³/mol. The van der Waals surface area contributed by atoms with Gasteiger partial charge in [0.25, 0.3) is 0 Å². The molecule has 0 bridgehead atoms. The van der Waals surface area contributed by atoms with Crippen molar-refractivity contribution in [2.75, 3.05) is 0 Å². The van der Waals surface area contributed by atoms with Crippen LogP contribution in [0.5, 0.6) is 0 Å². The lowest BCUT2D eigenvalue weighted by atomic mass is 10.0. The van der Waals surface area contributed by atoms with Gasteiger partial charge in [-0.3, -0.25) is 4.79 Å². The summed E-state index contributed by atoms with van der Waals surface area (Å²) < 4.78 is 0. The molecule has 0 heterocycles. The van der Waals surface area contributed by atoms with Crippen LogP contribution in [0.25, 0.3) is 0 Å². The normalized spacial score (nSPS) is 10.2. The van der Waals surface area contributed by atoms with E-state index in [9.17, 15) is 4.79 Å². The monoisotopic (exact) mass is 246 g/mol. The number of carbonyl (C=O) groups excluding carboxylic acids is 1. The SMILES string of the molecule is O=C(c1ccc(Cl)cc1)c1ccc(CO)cc1. The third kappa shape index (κ3) is 2.73. The Hall–Kier alpha value is -1.64. The summed E-state index contributed by atoms with van der Waals surface area (Å²) in [5.41, 5.74) is 1.99. The molecular formula is C14H11ClO2. The van der Waals surface area contributed by atoms with E-state index in [4.69, 9.17) is 16.7 Å². The van der Waals surface area contributed by atoms with Gasteiger partial charge >= 0.3 is 0 Å². The van der Waals surface area contributed by atoms with Crippen molar-refractivity contribution in [1.82, 2.24) is 0 Å². The second kappa shape index (κ2) is 5.13. The van der Waals surface area contributed by atoms with Gasteiger partial charge < -0.3 is 5.11 Å². The predicted octanol–water partition coefficient (Wildman–Crippen LogP) is 3.06. The van der Waals surface area contributed by atoms with Crippen molar-refractivity contribution in [2.45, 2.75) is 6.61 Å². The zero-order chi connectivity index (χ0) is 12.3. The molecule has 0 fully saturated rings. The molecular weight excluding hydrogens is 236 g/mol. The molecule has 0 unspecified atom stereocenters. The Labute approximate surface area is 104 Å². The molecule has 0 aliphatic heterocycles. The molecule has 1 N–H and O–H groups in total. The molecule has 0 saturated carbocycles. The van der Waals surface area contributed by atoms with Crippen LogP contribution in [0, 0.1) is 0 Å². The first-order valence-electron chi connectivity index (χ1n) is 5.21. The Morgan fingerprint density at radius 3 is 1.88 bits per heavy atom. The first kappa shape index (κ1) is 11.8. The minimum atomic E-state index is -0.0499. The van der Waals surface area contributed by atoms with Crippen LogP contribution in [-0.4, -0.2) is 10.9 Å². The van der Waals surface area contributed by atoms with E-state index >= 15 is 0 Å². The quantitative estimate of drug-likeness (QED) is 0.846. The molecule has 2 aromatic rings. The molecule has 17 heavy (non-hydrogen) atoms. The number of hydrogen-bond donors (Lipinski definition) is 1. The molecule has 86 valence electrons. The van der Waals surface area contributed by atoms with Crippen molar-refractivity contribution in [3.63, 3.8) is 0 Å². The van der Waals surface area contributed by atoms with E-state index in [0.717, 1.165) is 5.56 Å². The first-order chi connectivity index (χ1) is 8.20. The van der Waals surface area contributed by atoms with Crippen molar-refractivity contribution in [3.05, 3.63) is 70.2 Å². The second-order valence-corrected chi connectivity index (χ2v) is 4.13. The highest BCUT2D eigenvalue weighted by Gasteiger charge is 2.08. The number of rotatable bonds is 3. The molecule has 0 radical (unpaired) electrons. The van der Waals surface area contributed by atoms with Gasteiger partial charge in [0.1, 0.15) is 0 Å². The minimum Gasteiger partial charge on any atom is -0.392 e. The molecule has 0 aliphatic carbocycles. The number of benzene rings is 2. The van der Waals surface area contributed by atoms with Gasteiger partial charge in [-0.25, -0.2) is 0 Å². The molecule has 2 nitrogen and oxygen atoms in total. The van der Waals surface area contributed by atoms with Crippen LogP contribution in [0.1, 0.15) is 21.5 Å². The van der Waals surface area contributed by atoms with Crippen molar-refractivity contribution in [1.29, 1.82) is 0 Å². The van der Waals surface area contributed by atoms with E-state index in [1.807, 2.05) is 0 Å². The van der Waals surface area contributed by atoms with Crippen molar-refractivity contribution >= 4 is 17.4 Å². The van der Waals surface area contributed by atoms with Gasteiger partial charge in [0, 0.05) is 16.1 Å². The molecule has 3 heteroatoms. The van der Waals surface area contributed by atoms with Crippen LogP contribution in [0.3, 0.4) is 0 Å². The molecule has 2 aromatic carbocycles. The van der Waals surface area contributed by atoms with Gasteiger partial charge in [0.2, 0.25) is 0 Å². The summed E-state index contributed by atoms with van der Waals surface area (Å²) >= 11 is 5.76. The van der Waals surface area contributed by atoms with Gasteiger partial charge in [0.15, 0.2) is 5.78 Å². The van der Waals surface area contributed by atoms with Gasteiger partial charge in [0.05, 0.1) is 6.61 Å². The molecule has 0 aromatic heterocycles. The zero-order valence-corrected chi connectivity index (χ0v) is 9.82. The average Bonchev–Trinajstić information content (AvgIpc) is 2.39. The van der Waals surface area contributed by atoms with Crippen LogP contribution >= 0.6 is 11.6 Å². The fourth-order valence-corrected chi connectivity index (χ4v) is 1.66. The number of aliphatic hydroxyl groups is 1. The van der Waals surface area contributed by atoms with Gasteiger partial charge in [-0.05, 0) is 29.8 Å². The Morgan fingerprint density at radius 1 is 0.941 bits per heavy atom. The average molecular weight is 247 g/mol. The summed E-state index contributed by atoms with van der Waals surface area (Å²) in [5.74, 6) is -0.0499. The lowest BCUT2D eigenvalue weighted by Gasteiger charge is -2.02. The smallest absolute Gasteiger partial charge is 0.193 e. The van der Waals surface area contributed by atoms with E-state index in [-0.39, 0.29) is 12.4 Å². The van der Waals surface area contributed by atoms with Gasteiger partial charge in [-0.1, -0.05) is 35.9 Å². The molecule has 0 spiro atoms. The molecule has 2 rings (SSSR count). The summed E-state index contributed by atoms with van der Waals surface area (Å²) in [5, 5.41) is 9.52. The Kier molecular flexibility index (Phi) is 3.57. The lowest BCUT2D eigenvalue weighted by Crippen LogP contribution is -2.01. The fourth-order valence-electron chi connectivity index (χ4n) is 1.53. The highest BCUT2D eigenvalue weighted by atomic mass is 35.5. The molecule has 0 atom stereocenters. The summed E-state index contributed by atoms with van der Waals surface area (Å²) in [6.07, 6.45) is 0. The topological polar surface area (TPSA) is 37.3 Å². The van der Waals surface area contributed by atoms with E-state index in [0.29, 0.717) is 16.1 Å². The number of ketones is 1. The first-order valence-corrected chi connectivity index (χ1v) is 5.58. The molecule has 0 saturated heterocycles. The third-order valence-electron chi connectivity index (χ3n) is 2.51. The van der Waals surface area contributed by atoms with E-state index in [1.165, 1.54) is 0 Å². The van der Waals surface area contributed by atoms with Crippen LogP contribution in [0.15, 0.2) is 48.5 Å². The highest BCUT2D eigenvalue weighted by molar-refractivity contribution is 6.30.